The zero-order valence-electron chi connectivity index (χ0n) is 54.2. The molecule has 516 valence electrons. The van der Waals surface area contributed by atoms with E-state index in [0.29, 0.717) is 35.8 Å². The van der Waals surface area contributed by atoms with E-state index in [1.165, 1.54) is 107 Å². The molecule has 0 aliphatic rings. The number of phenols is 5. The van der Waals surface area contributed by atoms with E-state index in [2.05, 4.69) is 60.9 Å². The van der Waals surface area contributed by atoms with Gasteiger partial charge in [0.05, 0.1) is 17.7 Å². The van der Waals surface area contributed by atoms with Gasteiger partial charge in [0.25, 0.3) is 11.8 Å². The minimum atomic E-state index is -1.40. The first-order valence-corrected chi connectivity index (χ1v) is 29.3. The summed E-state index contributed by atoms with van der Waals surface area (Å²) >= 11 is 0. The third kappa shape index (κ3) is 32.0. The fourth-order valence-corrected chi connectivity index (χ4v) is 7.79. The molecule has 0 bridgehead atoms. The first-order valence-electron chi connectivity index (χ1n) is 29.3. The normalized spacial score (nSPS) is 10.4. The average Bonchev–Trinajstić information content (AvgIpc) is 0.919. The van der Waals surface area contributed by atoms with Crippen molar-refractivity contribution in [2.75, 3.05) is 85.6 Å². The predicted molar refractivity (Wildman–Crippen MR) is 349 cm³/mol. The molecule has 0 heterocycles. The molecule has 31 heteroatoms. The highest BCUT2D eigenvalue weighted by molar-refractivity contribution is 6.01. The second-order valence-corrected chi connectivity index (χ2v) is 19.8. The standard InChI is InChI=1S/C15H23N3O3.C15H22N2O4.C14H16N2O7.C11H13NO4.C9H9NO4/c1-4-18(5-2)9-8-16-15(21)13-7-6-12(10-14(13)20)17-11(3)19;1-4-17(5-2)8-9-21-15(20)13-7-6-12(10-14(13)19)16-11(3)18;1-7(17)15-8-2-3-9(11(18)6-8)13(21)16-10(14(22)23)4-5-12(19)20;1-3-16-11(15)9-5-4-8(6-10(9)14)12-7(2)13;1-5(11)10-6-2-3-7(9(13)14)8(12)4-6/h6-7,10,20H,4-5,8-9H2,1-3H3,(H,16,21)(H,17,19);6-7,10,19H,4-5,8-9H2,1-3H3,(H,16,18);2-3,6,10,18H,4-5H2,1H3,(H,15,17)(H,16,21)(H,19,20)(H,22,23);4-6,14H,3H2,1-2H3,(H,12,13);2-4,12H,1H3,(H,10,11)(H,13,14)/t;;10-;;/m..0../s1. The molecule has 5 rings (SSSR count). The van der Waals surface area contributed by atoms with E-state index < -0.39 is 54.0 Å². The van der Waals surface area contributed by atoms with Gasteiger partial charge in [0.2, 0.25) is 29.5 Å². The van der Waals surface area contributed by atoms with Gasteiger partial charge in [-0.25, -0.2) is 19.2 Å². The van der Waals surface area contributed by atoms with Crippen LogP contribution in [-0.4, -0.2) is 187 Å². The van der Waals surface area contributed by atoms with Crippen molar-refractivity contribution >= 4 is 99.6 Å². The van der Waals surface area contributed by atoms with Crippen molar-refractivity contribution in [3.63, 3.8) is 0 Å². The second-order valence-electron chi connectivity index (χ2n) is 19.8. The number of hydrogen-bond donors (Lipinski definition) is 15. The Morgan fingerprint density at radius 3 is 1.03 bits per heavy atom. The number of phenolic OH excluding ortho intramolecular Hbond substituents is 4. The molecule has 5 aromatic rings. The van der Waals surface area contributed by atoms with Crippen molar-refractivity contribution in [2.24, 2.45) is 0 Å². The summed E-state index contributed by atoms with van der Waals surface area (Å²) in [6.07, 6.45) is -0.716. The molecule has 0 aromatic heterocycles. The highest BCUT2D eigenvalue weighted by Crippen LogP contribution is 2.27. The Hall–Kier alpha value is -11.3. The fourth-order valence-electron chi connectivity index (χ4n) is 7.79. The highest BCUT2D eigenvalue weighted by Gasteiger charge is 2.24. The van der Waals surface area contributed by atoms with E-state index in [4.69, 9.17) is 24.8 Å². The molecule has 95 heavy (non-hydrogen) atoms. The van der Waals surface area contributed by atoms with Crippen molar-refractivity contribution in [3.05, 3.63) is 119 Å². The van der Waals surface area contributed by atoms with Crippen LogP contribution in [0.25, 0.3) is 0 Å². The monoisotopic (exact) mass is 1330 g/mol. The number of hydrogen-bond acceptors (Lipinski definition) is 21. The van der Waals surface area contributed by atoms with Crippen molar-refractivity contribution in [2.45, 2.75) is 88.1 Å². The molecule has 1 atom stereocenters. The number of carbonyl (C=O) groups is 12. The summed E-state index contributed by atoms with van der Waals surface area (Å²) in [5, 5.41) is 91.7. The number of amides is 7. The lowest BCUT2D eigenvalue weighted by Crippen LogP contribution is -2.41. The third-order valence-electron chi connectivity index (χ3n) is 12.4. The van der Waals surface area contributed by atoms with Crippen LogP contribution in [0.3, 0.4) is 0 Å². The largest absolute Gasteiger partial charge is 0.507 e. The number of nitrogens with zero attached hydrogens (tertiary/aromatic N) is 2. The Morgan fingerprint density at radius 1 is 0.421 bits per heavy atom. The lowest BCUT2D eigenvalue weighted by Gasteiger charge is -2.18. The van der Waals surface area contributed by atoms with Crippen LogP contribution in [0.15, 0.2) is 91.0 Å². The van der Waals surface area contributed by atoms with Crippen LogP contribution in [0.1, 0.15) is 134 Å². The number of ether oxygens (including phenoxy) is 2. The van der Waals surface area contributed by atoms with Gasteiger partial charge in [-0.15, -0.1) is 0 Å². The summed E-state index contributed by atoms with van der Waals surface area (Å²) in [6.45, 7) is 22.7. The minimum absolute atomic E-state index is 0.0796. The van der Waals surface area contributed by atoms with Gasteiger partial charge in [0.1, 0.15) is 58.1 Å². The van der Waals surface area contributed by atoms with Gasteiger partial charge in [0.15, 0.2) is 0 Å². The van der Waals surface area contributed by atoms with Crippen LogP contribution in [0.2, 0.25) is 0 Å². The molecule has 15 N–H and O–H groups in total. The number of likely N-dealkylation sites (N-methyl/N-ethyl adjacent to an activating group) is 2. The van der Waals surface area contributed by atoms with Gasteiger partial charge in [-0.05, 0) is 100 Å². The summed E-state index contributed by atoms with van der Waals surface area (Å²) in [6, 6.07) is 19.1. The molecule has 0 aliphatic carbocycles. The SMILES string of the molecule is CC(=O)Nc1ccc(C(=O)N[C@@H](CCC(=O)O)C(=O)O)c(O)c1.CC(=O)Nc1ccc(C(=O)O)c(O)c1.CCN(CC)CCNC(=O)c1ccc(NC(C)=O)cc1O.CCN(CC)CCOC(=O)c1ccc(NC(C)=O)cc1O.CCOC(=O)c1ccc(NC(C)=O)cc1O. The molecule has 0 saturated carbocycles. The van der Waals surface area contributed by atoms with E-state index in [-0.39, 0.29) is 112 Å². The summed E-state index contributed by atoms with van der Waals surface area (Å²) < 4.78 is 9.88. The quantitative estimate of drug-likeness (QED) is 0.0272. The maximum Gasteiger partial charge on any atom is 0.341 e. The van der Waals surface area contributed by atoms with E-state index in [1.54, 1.807) is 19.1 Å². The van der Waals surface area contributed by atoms with Crippen molar-refractivity contribution in [1.82, 2.24) is 20.4 Å². The van der Waals surface area contributed by atoms with Gasteiger partial charge in [-0.1, -0.05) is 27.7 Å². The van der Waals surface area contributed by atoms with E-state index in [0.717, 1.165) is 38.8 Å². The molecule has 0 fully saturated rings. The van der Waals surface area contributed by atoms with E-state index in [9.17, 15) is 83.1 Å². The first kappa shape index (κ1) is 81.7. The zero-order chi connectivity index (χ0) is 72.1. The number of carbonyl (C=O) groups excluding carboxylic acids is 9. The van der Waals surface area contributed by atoms with Gasteiger partial charge in [0, 0.05) is 119 Å². The molecule has 0 radical (unpaired) electrons. The van der Waals surface area contributed by atoms with Crippen LogP contribution < -0.4 is 37.2 Å². The Bertz CT molecular complexity index is 3390. The topological polar surface area (TPSA) is 476 Å². The van der Waals surface area contributed by atoms with Gasteiger partial charge >= 0.3 is 29.8 Å². The summed E-state index contributed by atoms with van der Waals surface area (Å²) in [4.78, 5) is 138. The Kier molecular flexibility index (Phi) is 36.7. The van der Waals surface area contributed by atoms with Crippen molar-refractivity contribution in [3.8, 4) is 28.7 Å². The summed E-state index contributed by atoms with van der Waals surface area (Å²) in [5.41, 5.74) is 1.92. The first-order chi connectivity index (χ1) is 44.7. The second kappa shape index (κ2) is 42.7. The molecule has 7 amide bonds. The summed E-state index contributed by atoms with van der Waals surface area (Å²) in [7, 11) is 0. The smallest absolute Gasteiger partial charge is 0.341 e. The molecular formula is C64H83N9O22. The number of benzene rings is 5. The van der Waals surface area contributed by atoms with Crippen LogP contribution in [-0.2, 0) is 43.0 Å². The van der Waals surface area contributed by atoms with Crippen LogP contribution >= 0.6 is 0 Å². The number of nitrogens with one attached hydrogen (secondary N) is 7. The number of rotatable bonds is 26. The third-order valence-corrected chi connectivity index (χ3v) is 12.4. The predicted octanol–water partition coefficient (Wildman–Crippen LogP) is 6.25. The molecule has 0 spiro atoms. The molecule has 0 unspecified atom stereocenters. The lowest BCUT2D eigenvalue weighted by atomic mass is 10.1. The average molecular weight is 1330 g/mol. The van der Waals surface area contributed by atoms with E-state index >= 15 is 0 Å². The fraction of sp³-hybridized carbons (Fsp3) is 0.344. The minimum Gasteiger partial charge on any atom is -0.507 e. The number of aromatic hydroxyl groups is 5. The lowest BCUT2D eigenvalue weighted by molar-refractivity contribution is -0.140. The van der Waals surface area contributed by atoms with Crippen molar-refractivity contribution < 1.29 is 108 Å². The molecule has 31 nitrogen and oxygen atoms in total. The van der Waals surface area contributed by atoms with Crippen LogP contribution in [0.5, 0.6) is 28.7 Å². The molecule has 0 saturated heterocycles. The van der Waals surface area contributed by atoms with Crippen molar-refractivity contribution in [1.29, 1.82) is 0 Å². The number of carboxylic acid groups (broad SMARTS) is 3. The highest BCUT2D eigenvalue weighted by atomic mass is 16.5. The number of esters is 2. The number of aliphatic carboxylic acids is 2. The Balaban J connectivity index is 0.000000600. The summed E-state index contributed by atoms with van der Waals surface area (Å²) in [5.74, 6) is -8.90. The maximum atomic E-state index is 12.0. The number of aromatic carboxylic acids is 1. The van der Waals surface area contributed by atoms with E-state index in [1.807, 2.05) is 13.8 Å². The van der Waals surface area contributed by atoms with Gasteiger partial charge in [-0.3, -0.25) is 38.4 Å². The van der Waals surface area contributed by atoms with Crippen LogP contribution in [0, 0.1) is 0 Å². The van der Waals surface area contributed by atoms with Crippen LogP contribution in [0.4, 0.5) is 28.4 Å². The van der Waals surface area contributed by atoms with Gasteiger partial charge in [-0.2, -0.15) is 0 Å². The molecule has 0 aliphatic heterocycles. The zero-order valence-corrected chi connectivity index (χ0v) is 54.2. The number of carboxylic acids is 3. The molecular weight excluding hydrogens is 1250 g/mol. The maximum absolute atomic E-state index is 12.0. The van der Waals surface area contributed by atoms with Gasteiger partial charge < -0.3 is 97.3 Å². The number of anilines is 5. The Labute approximate surface area is 547 Å². The Morgan fingerprint density at radius 2 is 0.737 bits per heavy atom. The molecule has 5 aromatic carbocycles.